The van der Waals surface area contributed by atoms with Crippen LogP contribution in [-0.4, -0.2) is 16.7 Å². The van der Waals surface area contributed by atoms with E-state index in [1.807, 2.05) is 30.3 Å². The molecular formula is C14H13N3OS. The second kappa shape index (κ2) is 5.67. The molecule has 0 atom stereocenters. The molecule has 1 N–H and O–H groups in total. The Morgan fingerprint density at radius 3 is 2.84 bits per heavy atom. The number of hydrogen-bond donors (Lipinski definition) is 1. The molecule has 3 aromatic rings. The van der Waals surface area contributed by atoms with Crippen LogP contribution in [0.5, 0.6) is 0 Å². The van der Waals surface area contributed by atoms with Crippen molar-refractivity contribution >= 4 is 17.3 Å². The van der Waals surface area contributed by atoms with Crippen molar-refractivity contribution in [3.8, 4) is 11.5 Å². The number of nitrogens with zero attached hydrogens (tertiary/aromatic N) is 2. The first-order valence-corrected chi connectivity index (χ1v) is 7.00. The Balaban J connectivity index is 1.59. The maximum absolute atomic E-state index is 5.22. The molecule has 0 amide bonds. The Kier molecular flexibility index (Phi) is 3.56. The summed E-state index contributed by atoms with van der Waals surface area (Å²) in [7, 11) is 0. The van der Waals surface area contributed by atoms with E-state index < -0.39 is 0 Å². The minimum Gasteiger partial charge on any atom is -0.351 e. The lowest BCUT2D eigenvalue weighted by Crippen LogP contribution is -2.05. The summed E-state index contributed by atoms with van der Waals surface area (Å²) in [5.74, 6) is 1.08. The van der Waals surface area contributed by atoms with Crippen molar-refractivity contribution in [2.24, 2.45) is 0 Å². The molecule has 0 aliphatic heterocycles. The molecule has 5 heteroatoms. The zero-order valence-electron chi connectivity index (χ0n) is 10.2. The maximum Gasteiger partial charge on any atom is 0.263 e. The maximum atomic E-state index is 5.22. The van der Waals surface area contributed by atoms with Gasteiger partial charge in [0.15, 0.2) is 0 Å². The standard InChI is InChI=1S/C14H13N3OS/c1-2-4-12(5-3-1)13-16-14(17-18-13)15-8-6-11-7-9-19-10-11/h1-5,7,9-10H,6,8H2,(H,15,17). The highest BCUT2D eigenvalue weighted by Gasteiger charge is 2.07. The average Bonchev–Trinajstić information content (AvgIpc) is 3.11. The van der Waals surface area contributed by atoms with Crippen LogP contribution in [0.3, 0.4) is 0 Å². The van der Waals surface area contributed by atoms with E-state index in [4.69, 9.17) is 4.52 Å². The first kappa shape index (κ1) is 11.9. The van der Waals surface area contributed by atoms with Gasteiger partial charge in [0.05, 0.1) is 0 Å². The van der Waals surface area contributed by atoms with E-state index in [1.54, 1.807) is 11.3 Å². The zero-order chi connectivity index (χ0) is 12.9. The van der Waals surface area contributed by atoms with Crippen LogP contribution < -0.4 is 5.32 Å². The summed E-state index contributed by atoms with van der Waals surface area (Å²) in [6, 6.07) is 11.9. The predicted octanol–water partition coefficient (Wildman–Crippen LogP) is 3.45. The van der Waals surface area contributed by atoms with Gasteiger partial charge in [-0.05, 0) is 46.1 Å². The number of hydrogen-bond acceptors (Lipinski definition) is 5. The third-order valence-electron chi connectivity index (χ3n) is 2.72. The van der Waals surface area contributed by atoms with Crippen LogP contribution in [-0.2, 0) is 6.42 Å². The van der Waals surface area contributed by atoms with Crippen LogP contribution in [0.4, 0.5) is 5.95 Å². The summed E-state index contributed by atoms with van der Waals surface area (Å²) in [5, 5.41) is 11.3. The molecular weight excluding hydrogens is 258 g/mol. The molecule has 2 aromatic heterocycles. The molecule has 0 aliphatic rings. The first-order chi connectivity index (χ1) is 9.42. The molecule has 0 bridgehead atoms. The summed E-state index contributed by atoms with van der Waals surface area (Å²) in [6.45, 7) is 0.796. The van der Waals surface area contributed by atoms with Gasteiger partial charge in [-0.15, -0.1) is 0 Å². The SMILES string of the molecule is c1ccc(-c2nc(NCCc3ccsc3)no2)cc1. The number of nitrogens with one attached hydrogen (secondary N) is 1. The average molecular weight is 271 g/mol. The van der Waals surface area contributed by atoms with Gasteiger partial charge in [-0.2, -0.15) is 16.3 Å². The first-order valence-electron chi connectivity index (χ1n) is 6.06. The van der Waals surface area contributed by atoms with E-state index in [0.29, 0.717) is 11.8 Å². The number of benzene rings is 1. The number of rotatable bonds is 5. The second-order valence-corrected chi connectivity index (χ2v) is 4.88. The molecule has 0 radical (unpaired) electrons. The second-order valence-electron chi connectivity index (χ2n) is 4.10. The monoisotopic (exact) mass is 271 g/mol. The highest BCUT2D eigenvalue weighted by molar-refractivity contribution is 7.07. The van der Waals surface area contributed by atoms with Gasteiger partial charge in [-0.1, -0.05) is 18.2 Å². The Morgan fingerprint density at radius 2 is 2.05 bits per heavy atom. The third kappa shape index (κ3) is 3.00. The van der Waals surface area contributed by atoms with Crippen molar-refractivity contribution in [3.05, 3.63) is 52.7 Å². The minimum absolute atomic E-state index is 0.536. The summed E-state index contributed by atoms with van der Waals surface area (Å²) >= 11 is 1.71. The summed E-state index contributed by atoms with van der Waals surface area (Å²) < 4.78 is 5.22. The van der Waals surface area contributed by atoms with Gasteiger partial charge in [-0.25, -0.2) is 0 Å². The normalized spacial score (nSPS) is 10.5. The van der Waals surface area contributed by atoms with Gasteiger partial charge in [0, 0.05) is 12.1 Å². The molecule has 3 rings (SSSR count). The highest BCUT2D eigenvalue weighted by atomic mass is 32.1. The van der Waals surface area contributed by atoms with E-state index in [1.165, 1.54) is 5.56 Å². The number of aromatic nitrogens is 2. The Hall–Kier alpha value is -2.14. The fraction of sp³-hybridized carbons (Fsp3) is 0.143. The quantitative estimate of drug-likeness (QED) is 0.772. The topological polar surface area (TPSA) is 51.0 Å². The van der Waals surface area contributed by atoms with E-state index in [2.05, 4.69) is 32.3 Å². The van der Waals surface area contributed by atoms with E-state index in [0.717, 1.165) is 18.5 Å². The summed E-state index contributed by atoms with van der Waals surface area (Å²) in [5.41, 5.74) is 2.25. The smallest absolute Gasteiger partial charge is 0.263 e. The third-order valence-corrected chi connectivity index (χ3v) is 3.46. The molecule has 2 heterocycles. The van der Waals surface area contributed by atoms with Crippen molar-refractivity contribution in [3.63, 3.8) is 0 Å². The predicted molar refractivity (Wildman–Crippen MR) is 76.2 cm³/mol. The van der Waals surface area contributed by atoms with Crippen LogP contribution in [0.1, 0.15) is 5.56 Å². The lowest BCUT2D eigenvalue weighted by molar-refractivity contribution is 0.432. The summed E-state index contributed by atoms with van der Waals surface area (Å²) in [4.78, 5) is 4.31. The van der Waals surface area contributed by atoms with E-state index >= 15 is 0 Å². The lowest BCUT2D eigenvalue weighted by atomic mass is 10.2. The van der Waals surface area contributed by atoms with Gasteiger partial charge in [0.25, 0.3) is 11.8 Å². The molecule has 0 aliphatic carbocycles. The van der Waals surface area contributed by atoms with Crippen molar-refractivity contribution in [2.45, 2.75) is 6.42 Å². The molecule has 0 spiro atoms. The molecule has 19 heavy (non-hydrogen) atoms. The lowest BCUT2D eigenvalue weighted by Gasteiger charge is -1.98. The fourth-order valence-corrected chi connectivity index (χ4v) is 2.45. The zero-order valence-corrected chi connectivity index (χ0v) is 11.1. The fourth-order valence-electron chi connectivity index (χ4n) is 1.75. The molecule has 0 fully saturated rings. The van der Waals surface area contributed by atoms with Gasteiger partial charge < -0.3 is 9.84 Å². The largest absolute Gasteiger partial charge is 0.351 e. The Bertz CT molecular complexity index is 619. The van der Waals surface area contributed by atoms with E-state index in [9.17, 15) is 0 Å². The molecule has 1 aromatic carbocycles. The Labute approximate surface area is 115 Å². The minimum atomic E-state index is 0.536. The van der Waals surface area contributed by atoms with E-state index in [-0.39, 0.29) is 0 Å². The van der Waals surface area contributed by atoms with Gasteiger partial charge >= 0.3 is 0 Å². The van der Waals surface area contributed by atoms with Gasteiger partial charge in [0.1, 0.15) is 0 Å². The van der Waals surface area contributed by atoms with Gasteiger partial charge in [0.2, 0.25) is 0 Å². The van der Waals surface area contributed by atoms with Crippen LogP contribution in [0.15, 0.2) is 51.7 Å². The van der Waals surface area contributed by atoms with Crippen molar-refractivity contribution in [2.75, 3.05) is 11.9 Å². The molecule has 4 nitrogen and oxygen atoms in total. The number of anilines is 1. The van der Waals surface area contributed by atoms with Crippen LogP contribution in [0.25, 0.3) is 11.5 Å². The number of thiophene rings is 1. The van der Waals surface area contributed by atoms with Crippen molar-refractivity contribution < 1.29 is 4.52 Å². The van der Waals surface area contributed by atoms with Crippen molar-refractivity contribution in [1.29, 1.82) is 0 Å². The Morgan fingerprint density at radius 1 is 1.16 bits per heavy atom. The van der Waals surface area contributed by atoms with Crippen LogP contribution in [0, 0.1) is 0 Å². The van der Waals surface area contributed by atoms with Crippen molar-refractivity contribution in [1.82, 2.24) is 10.1 Å². The molecule has 0 unspecified atom stereocenters. The molecule has 0 saturated carbocycles. The highest BCUT2D eigenvalue weighted by Crippen LogP contribution is 2.17. The van der Waals surface area contributed by atoms with Crippen LogP contribution in [0.2, 0.25) is 0 Å². The van der Waals surface area contributed by atoms with Gasteiger partial charge in [-0.3, -0.25) is 0 Å². The molecule has 96 valence electrons. The van der Waals surface area contributed by atoms with Crippen LogP contribution >= 0.6 is 11.3 Å². The summed E-state index contributed by atoms with van der Waals surface area (Å²) in [6.07, 6.45) is 0.957. The molecule has 0 saturated heterocycles.